The quantitative estimate of drug-likeness (QED) is 0.870. The molecule has 22 heavy (non-hydrogen) atoms. The van der Waals surface area contributed by atoms with Gasteiger partial charge in [0.15, 0.2) is 0 Å². The van der Waals surface area contributed by atoms with E-state index in [0.717, 1.165) is 11.2 Å². The SMILES string of the molecule is CC(C)CC(=O)Nc1ccc(B2OC(C)(C)C(C)(C)O2)cc1. The minimum absolute atomic E-state index is 0.0402. The summed E-state index contributed by atoms with van der Waals surface area (Å²) in [4.78, 5) is 11.8. The van der Waals surface area contributed by atoms with Gasteiger partial charge in [0.2, 0.25) is 5.91 Å². The van der Waals surface area contributed by atoms with Crippen LogP contribution >= 0.6 is 0 Å². The summed E-state index contributed by atoms with van der Waals surface area (Å²) in [5, 5.41) is 2.90. The van der Waals surface area contributed by atoms with Gasteiger partial charge >= 0.3 is 7.12 Å². The standard InChI is InChI=1S/C17H26BNO3/c1-12(2)11-15(20)19-14-9-7-13(8-10-14)18-21-16(3,4)17(5,6)22-18/h7-10,12H,11H2,1-6H3,(H,19,20). The van der Waals surface area contributed by atoms with Crippen molar-refractivity contribution in [2.24, 2.45) is 5.92 Å². The van der Waals surface area contributed by atoms with Crippen LogP contribution in [0.25, 0.3) is 0 Å². The van der Waals surface area contributed by atoms with Crippen molar-refractivity contribution in [2.45, 2.75) is 59.2 Å². The van der Waals surface area contributed by atoms with E-state index in [1.165, 1.54) is 0 Å². The molecule has 5 heteroatoms. The van der Waals surface area contributed by atoms with Crippen molar-refractivity contribution in [1.29, 1.82) is 0 Å². The Balaban J connectivity index is 2.03. The van der Waals surface area contributed by atoms with Gasteiger partial charge in [-0.05, 0) is 51.2 Å². The number of benzene rings is 1. The van der Waals surface area contributed by atoms with Gasteiger partial charge < -0.3 is 14.6 Å². The highest BCUT2D eigenvalue weighted by Gasteiger charge is 2.51. The van der Waals surface area contributed by atoms with Crippen LogP contribution in [-0.2, 0) is 14.1 Å². The Kier molecular flexibility index (Phi) is 4.69. The number of hydrogen-bond donors (Lipinski definition) is 1. The van der Waals surface area contributed by atoms with Crippen molar-refractivity contribution in [2.75, 3.05) is 5.32 Å². The Morgan fingerprint density at radius 1 is 1.09 bits per heavy atom. The second-order valence-electron chi connectivity index (χ2n) is 7.36. The maximum absolute atomic E-state index is 11.8. The Hall–Kier alpha value is -1.33. The molecule has 4 nitrogen and oxygen atoms in total. The van der Waals surface area contributed by atoms with Crippen LogP contribution in [0, 0.1) is 5.92 Å². The third kappa shape index (κ3) is 3.71. The van der Waals surface area contributed by atoms with E-state index in [0.29, 0.717) is 12.3 Å². The molecule has 1 N–H and O–H groups in total. The summed E-state index contributed by atoms with van der Waals surface area (Å²) in [5.41, 5.74) is 1.07. The molecule has 1 heterocycles. The number of carbonyl (C=O) groups is 1. The van der Waals surface area contributed by atoms with Crippen molar-refractivity contribution in [3.05, 3.63) is 24.3 Å². The first-order valence-corrected chi connectivity index (χ1v) is 7.86. The average molecular weight is 303 g/mol. The molecular formula is C17H26BNO3. The summed E-state index contributed by atoms with van der Waals surface area (Å²) in [6.07, 6.45) is 0.527. The molecule has 0 aliphatic carbocycles. The van der Waals surface area contributed by atoms with E-state index in [4.69, 9.17) is 9.31 Å². The third-order valence-electron chi connectivity index (χ3n) is 4.31. The first-order chi connectivity index (χ1) is 10.1. The largest absolute Gasteiger partial charge is 0.494 e. The van der Waals surface area contributed by atoms with Gasteiger partial charge in [-0.15, -0.1) is 0 Å². The average Bonchev–Trinajstić information content (AvgIpc) is 2.58. The lowest BCUT2D eigenvalue weighted by atomic mass is 9.79. The zero-order valence-electron chi connectivity index (χ0n) is 14.4. The zero-order chi connectivity index (χ0) is 16.5. The maximum Gasteiger partial charge on any atom is 0.494 e. The summed E-state index contributed by atoms with van der Waals surface area (Å²) in [7, 11) is -0.370. The Morgan fingerprint density at radius 2 is 1.59 bits per heavy atom. The van der Waals surface area contributed by atoms with Gasteiger partial charge in [-0.2, -0.15) is 0 Å². The number of rotatable bonds is 4. The lowest BCUT2D eigenvalue weighted by Gasteiger charge is -2.32. The summed E-state index contributed by atoms with van der Waals surface area (Å²) in [6, 6.07) is 7.65. The van der Waals surface area contributed by atoms with E-state index in [1.807, 2.05) is 65.8 Å². The molecule has 1 aromatic carbocycles. The van der Waals surface area contributed by atoms with Crippen LogP contribution in [0.2, 0.25) is 0 Å². The molecule has 1 aromatic rings. The smallest absolute Gasteiger partial charge is 0.399 e. The third-order valence-corrected chi connectivity index (χ3v) is 4.31. The van der Waals surface area contributed by atoms with Gasteiger partial charge in [0.25, 0.3) is 0 Å². The van der Waals surface area contributed by atoms with Crippen molar-refractivity contribution in [3.8, 4) is 0 Å². The fraction of sp³-hybridized carbons (Fsp3) is 0.588. The fourth-order valence-electron chi connectivity index (χ4n) is 2.29. The molecule has 0 radical (unpaired) electrons. The normalized spacial score (nSPS) is 19.5. The minimum atomic E-state index is -0.370. The molecule has 2 rings (SSSR count). The van der Waals surface area contributed by atoms with Crippen LogP contribution in [0.3, 0.4) is 0 Å². The highest BCUT2D eigenvalue weighted by atomic mass is 16.7. The molecule has 1 fully saturated rings. The zero-order valence-corrected chi connectivity index (χ0v) is 14.4. The molecule has 0 aromatic heterocycles. The summed E-state index contributed by atoms with van der Waals surface area (Å²) >= 11 is 0. The van der Waals surface area contributed by atoms with Crippen molar-refractivity contribution >= 4 is 24.2 Å². The first kappa shape index (κ1) is 17.0. The summed E-state index contributed by atoms with van der Waals surface area (Å²) < 4.78 is 12.0. The molecule has 120 valence electrons. The van der Waals surface area contributed by atoms with Crippen molar-refractivity contribution < 1.29 is 14.1 Å². The number of nitrogens with one attached hydrogen (secondary N) is 1. The Bertz CT molecular complexity index is 521. The van der Waals surface area contributed by atoms with Gasteiger partial charge in [-0.25, -0.2) is 0 Å². The van der Waals surface area contributed by atoms with E-state index in [1.54, 1.807) is 0 Å². The topological polar surface area (TPSA) is 47.6 Å². The van der Waals surface area contributed by atoms with Crippen LogP contribution in [0.5, 0.6) is 0 Å². The number of carbonyl (C=O) groups excluding carboxylic acids is 1. The molecule has 0 unspecified atom stereocenters. The maximum atomic E-state index is 11.8. The number of hydrogen-bond acceptors (Lipinski definition) is 3. The van der Waals surface area contributed by atoms with Crippen LogP contribution in [0.4, 0.5) is 5.69 Å². The molecule has 0 bridgehead atoms. The lowest BCUT2D eigenvalue weighted by Crippen LogP contribution is -2.41. The van der Waals surface area contributed by atoms with Gasteiger partial charge in [-0.3, -0.25) is 4.79 Å². The van der Waals surface area contributed by atoms with Gasteiger partial charge in [0, 0.05) is 12.1 Å². The molecule has 0 saturated carbocycles. The molecule has 1 aliphatic rings. The van der Waals surface area contributed by atoms with Crippen LogP contribution < -0.4 is 10.8 Å². The lowest BCUT2D eigenvalue weighted by molar-refractivity contribution is -0.116. The van der Waals surface area contributed by atoms with Crippen LogP contribution in [-0.4, -0.2) is 24.2 Å². The molecule has 1 aliphatic heterocycles. The van der Waals surface area contributed by atoms with Crippen LogP contribution in [0.15, 0.2) is 24.3 Å². The van der Waals surface area contributed by atoms with Crippen molar-refractivity contribution in [1.82, 2.24) is 0 Å². The fourth-order valence-corrected chi connectivity index (χ4v) is 2.29. The van der Waals surface area contributed by atoms with E-state index in [9.17, 15) is 4.79 Å². The minimum Gasteiger partial charge on any atom is -0.399 e. The molecule has 0 spiro atoms. The van der Waals surface area contributed by atoms with Crippen molar-refractivity contribution in [3.63, 3.8) is 0 Å². The number of amides is 1. The summed E-state index contributed by atoms with van der Waals surface area (Å²) in [5.74, 6) is 0.391. The highest BCUT2D eigenvalue weighted by Crippen LogP contribution is 2.36. The predicted molar refractivity (Wildman–Crippen MR) is 90.2 cm³/mol. The Morgan fingerprint density at radius 3 is 2.05 bits per heavy atom. The first-order valence-electron chi connectivity index (χ1n) is 7.86. The van der Waals surface area contributed by atoms with E-state index < -0.39 is 0 Å². The summed E-state index contributed by atoms with van der Waals surface area (Å²) in [6.45, 7) is 12.2. The van der Waals surface area contributed by atoms with Crippen LogP contribution in [0.1, 0.15) is 48.0 Å². The van der Waals surface area contributed by atoms with E-state index >= 15 is 0 Å². The predicted octanol–water partition coefficient (Wildman–Crippen LogP) is 2.97. The molecule has 1 saturated heterocycles. The monoisotopic (exact) mass is 303 g/mol. The Labute approximate surface area is 133 Å². The van der Waals surface area contributed by atoms with Gasteiger partial charge in [0.1, 0.15) is 0 Å². The van der Waals surface area contributed by atoms with E-state index in [2.05, 4.69) is 5.32 Å². The number of anilines is 1. The molecule has 1 amide bonds. The molecular weight excluding hydrogens is 277 g/mol. The van der Waals surface area contributed by atoms with E-state index in [-0.39, 0.29) is 24.2 Å². The molecule has 0 atom stereocenters. The second kappa shape index (κ2) is 6.05. The second-order valence-corrected chi connectivity index (χ2v) is 7.36. The van der Waals surface area contributed by atoms with Gasteiger partial charge in [0.05, 0.1) is 11.2 Å². The van der Waals surface area contributed by atoms with Gasteiger partial charge in [-0.1, -0.05) is 26.0 Å². The highest BCUT2D eigenvalue weighted by molar-refractivity contribution is 6.62.